The predicted octanol–water partition coefficient (Wildman–Crippen LogP) is 3.64. The summed E-state index contributed by atoms with van der Waals surface area (Å²) < 4.78 is 5.12. The monoisotopic (exact) mass is 282 g/mol. The topological polar surface area (TPSA) is 43.4 Å². The van der Waals surface area contributed by atoms with Crippen molar-refractivity contribution in [3.8, 4) is 5.75 Å². The molecule has 2 aromatic carbocycles. The van der Waals surface area contributed by atoms with Gasteiger partial charge in [0, 0.05) is 17.9 Å². The van der Waals surface area contributed by atoms with Crippen LogP contribution in [0.2, 0.25) is 0 Å². The Balaban J connectivity index is 2.21. The molecule has 0 bridgehead atoms. The van der Waals surface area contributed by atoms with Crippen molar-refractivity contribution < 1.29 is 14.3 Å². The highest BCUT2D eigenvalue weighted by atomic mass is 16.5. The van der Waals surface area contributed by atoms with Crippen molar-refractivity contribution in [2.75, 3.05) is 7.11 Å². The number of hydrogen-bond acceptors (Lipinski definition) is 3. The number of ether oxygens (including phenoxy) is 1. The second kappa shape index (κ2) is 6.84. The fraction of sp³-hybridized carbons (Fsp3) is 0.222. The number of methoxy groups -OCH3 is 1. The second-order valence-electron chi connectivity index (χ2n) is 4.93. The summed E-state index contributed by atoms with van der Waals surface area (Å²) in [5.74, 6) is 0.181. The molecule has 0 aliphatic heterocycles. The molecule has 1 atom stereocenters. The van der Waals surface area contributed by atoms with Crippen LogP contribution < -0.4 is 4.74 Å². The van der Waals surface area contributed by atoms with Crippen LogP contribution in [0.4, 0.5) is 0 Å². The van der Waals surface area contributed by atoms with Gasteiger partial charge in [0.15, 0.2) is 5.78 Å². The minimum absolute atomic E-state index is 0.00236. The molecule has 0 aliphatic carbocycles. The van der Waals surface area contributed by atoms with E-state index in [0.717, 1.165) is 5.56 Å². The highest BCUT2D eigenvalue weighted by Gasteiger charge is 2.21. The van der Waals surface area contributed by atoms with Gasteiger partial charge >= 0.3 is 0 Å². The minimum atomic E-state index is -0.398. The first-order valence-corrected chi connectivity index (χ1v) is 6.84. The first kappa shape index (κ1) is 15.0. The van der Waals surface area contributed by atoms with Crippen molar-refractivity contribution in [2.45, 2.75) is 19.3 Å². The first-order chi connectivity index (χ1) is 10.1. The summed E-state index contributed by atoms with van der Waals surface area (Å²) in [6.07, 6.45) is 0.173. The van der Waals surface area contributed by atoms with Gasteiger partial charge in [-0.3, -0.25) is 9.59 Å². The molecule has 0 heterocycles. The van der Waals surface area contributed by atoms with Crippen molar-refractivity contribution in [3.05, 3.63) is 65.7 Å². The van der Waals surface area contributed by atoms with E-state index in [0.29, 0.717) is 11.3 Å². The first-order valence-electron chi connectivity index (χ1n) is 6.84. The zero-order valence-electron chi connectivity index (χ0n) is 12.2. The average molecular weight is 282 g/mol. The lowest BCUT2D eigenvalue weighted by Gasteiger charge is -2.13. The summed E-state index contributed by atoms with van der Waals surface area (Å²) >= 11 is 0. The van der Waals surface area contributed by atoms with Crippen LogP contribution in [0.15, 0.2) is 54.6 Å². The van der Waals surface area contributed by atoms with E-state index in [1.165, 1.54) is 6.92 Å². The van der Waals surface area contributed by atoms with Crippen LogP contribution in [-0.2, 0) is 4.79 Å². The molecule has 0 N–H and O–H groups in total. The standard InChI is InChI=1S/C18H18O3/c1-13(19)17(14-7-4-3-5-8-14)12-18(20)15-9-6-10-16(11-15)21-2/h3-11,17H,12H2,1-2H3. The van der Waals surface area contributed by atoms with Crippen molar-refractivity contribution in [1.29, 1.82) is 0 Å². The lowest BCUT2D eigenvalue weighted by Crippen LogP contribution is -2.14. The molecule has 0 saturated carbocycles. The molecular formula is C18H18O3. The zero-order chi connectivity index (χ0) is 15.2. The van der Waals surface area contributed by atoms with Crippen LogP contribution in [0, 0.1) is 0 Å². The number of rotatable bonds is 6. The van der Waals surface area contributed by atoms with Gasteiger partial charge in [0.25, 0.3) is 0 Å². The van der Waals surface area contributed by atoms with Crippen molar-refractivity contribution in [1.82, 2.24) is 0 Å². The van der Waals surface area contributed by atoms with E-state index in [1.807, 2.05) is 30.3 Å². The second-order valence-corrected chi connectivity index (χ2v) is 4.93. The molecule has 2 aromatic rings. The molecule has 0 saturated heterocycles. The Labute approximate surface area is 124 Å². The number of hydrogen-bond donors (Lipinski definition) is 0. The van der Waals surface area contributed by atoms with Crippen LogP contribution in [0.5, 0.6) is 5.75 Å². The number of ketones is 2. The van der Waals surface area contributed by atoms with Crippen LogP contribution in [0.3, 0.4) is 0 Å². The van der Waals surface area contributed by atoms with Crippen LogP contribution >= 0.6 is 0 Å². The van der Waals surface area contributed by atoms with Crippen molar-refractivity contribution in [3.63, 3.8) is 0 Å². The van der Waals surface area contributed by atoms with Gasteiger partial charge in [0.1, 0.15) is 11.5 Å². The van der Waals surface area contributed by atoms with Gasteiger partial charge < -0.3 is 4.74 Å². The maximum atomic E-state index is 12.4. The van der Waals surface area contributed by atoms with Crippen molar-refractivity contribution in [2.24, 2.45) is 0 Å². The minimum Gasteiger partial charge on any atom is -0.497 e. The highest BCUT2D eigenvalue weighted by Crippen LogP contribution is 2.24. The molecular weight excluding hydrogens is 264 g/mol. The van der Waals surface area contributed by atoms with Crippen molar-refractivity contribution >= 4 is 11.6 Å². The Bertz CT molecular complexity index is 632. The maximum absolute atomic E-state index is 12.4. The SMILES string of the molecule is COc1cccc(C(=O)CC(C(C)=O)c2ccccc2)c1. The van der Waals surface area contributed by atoms with Gasteiger partial charge in [-0.2, -0.15) is 0 Å². The molecule has 21 heavy (non-hydrogen) atoms. The molecule has 3 nitrogen and oxygen atoms in total. The number of carbonyl (C=O) groups excluding carboxylic acids is 2. The van der Waals surface area contributed by atoms with Gasteiger partial charge in [0.2, 0.25) is 0 Å². The van der Waals surface area contributed by atoms with Crippen LogP contribution in [0.25, 0.3) is 0 Å². The lowest BCUT2D eigenvalue weighted by molar-refractivity contribution is -0.118. The Kier molecular flexibility index (Phi) is 4.88. The third-order valence-corrected chi connectivity index (χ3v) is 3.47. The summed E-state index contributed by atoms with van der Waals surface area (Å²) in [6, 6.07) is 16.4. The number of Topliss-reactive ketones (excluding diaryl/α,β-unsaturated/α-hetero) is 2. The molecule has 0 aliphatic rings. The average Bonchev–Trinajstić information content (AvgIpc) is 2.53. The lowest BCUT2D eigenvalue weighted by atomic mass is 9.89. The van der Waals surface area contributed by atoms with Crippen LogP contribution in [0.1, 0.15) is 35.2 Å². The summed E-state index contributed by atoms with van der Waals surface area (Å²) in [5, 5.41) is 0. The highest BCUT2D eigenvalue weighted by molar-refractivity contribution is 6.00. The summed E-state index contributed by atoms with van der Waals surface area (Å²) in [5.41, 5.74) is 1.44. The van der Waals surface area contributed by atoms with E-state index < -0.39 is 5.92 Å². The summed E-state index contributed by atoms with van der Waals surface area (Å²) in [7, 11) is 1.56. The Morgan fingerprint density at radius 1 is 1.05 bits per heavy atom. The van der Waals surface area contributed by atoms with E-state index in [9.17, 15) is 9.59 Å². The largest absolute Gasteiger partial charge is 0.497 e. The van der Waals surface area contributed by atoms with Gasteiger partial charge in [0.05, 0.1) is 7.11 Å². The quantitative estimate of drug-likeness (QED) is 0.760. The predicted molar refractivity (Wildman–Crippen MR) is 81.8 cm³/mol. The third kappa shape index (κ3) is 3.78. The fourth-order valence-corrected chi connectivity index (χ4v) is 2.28. The number of carbonyl (C=O) groups is 2. The van der Waals surface area contributed by atoms with Gasteiger partial charge in [-0.15, -0.1) is 0 Å². The summed E-state index contributed by atoms with van der Waals surface area (Å²) in [6.45, 7) is 1.52. The van der Waals surface area contributed by atoms with E-state index in [2.05, 4.69) is 0 Å². The third-order valence-electron chi connectivity index (χ3n) is 3.47. The summed E-state index contributed by atoms with van der Waals surface area (Å²) in [4.78, 5) is 24.3. The Hall–Kier alpha value is -2.42. The Morgan fingerprint density at radius 2 is 1.76 bits per heavy atom. The molecule has 108 valence electrons. The van der Waals surface area contributed by atoms with Gasteiger partial charge in [-0.1, -0.05) is 42.5 Å². The molecule has 2 rings (SSSR count). The van der Waals surface area contributed by atoms with Gasteiger partial charge in [-0.25, -0.2) is 0 Å². The van der Waals surface area contributed by atoms with E-state index >= 15 is 0 Å². The molecule has 0 fully saturated rings. The number of benzene rings is 2. The maximum Gasteiger partial charge on any atom is 0.164 e. The zero-order valence-corrected chi connectivity index (χ0v) is 12.2. The molecule has 3 heteroatoms. The Morgan fingerprint density at radius 3 is 2.38 bits per heavy atom. The smallest absolute Gasteiger partial charge is 0.164 e. The van der Waals surface area contributed by atoms with E-state index in [4.69, 9.17) is 4.74 Å². The fourth-order valence-electron chi connectivity index (χ4n) is 2.28. The molecule has 0 radical (unpaired) electrons. The van der Waals surface area contributed by atoms with Gasteiger partial charge in [-0.05, 0) is 24.6 Å². The molecule has 1 unspecified atom stereocenters. The van der Waals surface area contributed by atoms with Crippen LogP contribution in [-0.4, -0.2) is 18.7 Å². The van der Waals surface area contributed by atoms with E-state index in [1.54, 1.807) is 31.4 Å². The normalized spacial score (nSPS) is 11.7. The van der Waals surface area contributed by atoms with E-state index in [-0.39, 0.29) is 18.0 Å². The molecule has 0 spiro atoms. The molecule has 0 amide bonds. The molecule has 0 aromatic heterocycles.